The van der Waals surface area contributed by atoms with Gasteiger partial charge in [-0.2, -0.15) is 5.26 Å². The van der Waals surface area contributed by atoms with Crippen LogP contribution in [0.3, 0.4) is 0 Å². The van der Waals surface area contributed by atoms with Crippen LogP contribution in [0, 0.1) is 11.3 Å². The van der Waals surface area contributed by atoms with Crippen molar-refractivity contribution in [2.45, 2.75) is 0 Å². The first kappa shape index (κ1) is 12.1. The molecule has 4 nitrogen and oxygen atoms in total. The molecule has 0 amide bonds. The Balaban J connectivity index is 2.69. The van der Waals surface area contributed by atoms with Crippen molar-refractivity contribution in [3.05, 3.63) is 22.3 Å². The third-order valence-electron chi connectivity index (χ3n) is 1.66. The average molecular weight is 288 g/mol. The number of rotatable bonds is 4. The molecular weight excluding hydrogens is 278 g/mol. The quantitative estimate of drug-likeness (QED) is 0.912. The van der Waals surface area contributed by atoms with Crippen molar-refractivity contribution in [1.82, 2.24) is 4.98 Å². The van der Waals surface area contributed by atoms with E-state index in [1.54, 1.807) is 18.5 Å². The number of hydrogen-bond acceptors (Lipinski definition) is 4. The van der Waals surface area contributed by atoms with Crippen LogP contribution in [-0.2, 0) is 10.8 Å². The normalized spacial score (nSPS) is 11.8. The van der Waals surface area contributed by atoms with E-state index in [0.717, 1.165) is 4.47 Å². The number of anilines is 1. The Kier molecular flexibility index (Phi) is 4.72. The predicted octanol–water partition coefficient (Wildman–Crippen LogP) is 1.51. The van der Waals surface area contributed by atoms with Gasteiger partial charge in [0.05, 0.1) is 5.56 Å². The highest BCUT2D eigenvalue weighted by atomic mass is 79.9. The van der Waals surface area contributed by atoms with Crippen LogP contribution >= 0.6 is 15.9 Å². The second kappa shape index (κ2) is 5.83. The Labute approximate surface area is 99.3 Å². The van der Waals surface area contributed by atoms with Gasteiger partial charge < -0.3 is 5.32 Å². The molecule has 0 saturated carbocycles. The molecule has 6 heteroatoms. The lowest BCUT2D eigenvalue weighted by atomic mass is 10.3. The monoisotopic (exact) mass is 287 g/mol. The van der Waals surface area contributed by atoms with Gasteiger partial charge in [0.2, 0.25) is 0 Å². The first-order chi connectivity index (χ1) is 7.13. The molecule has 0 bridgehead atoms. The minimum absolute atomic E-state index is 0.478. The molecule has 0 radical (unpaired) electrons. The number of halogens is 1. The largest absolute Gasteiger partial charge is 0.368 e. The Morgan fingerprint density at radius 3 is 3.07 bits per heavy atom. The molecule has 1 atom stereocenters. The van der Waals surface area contributed by atoms with Crippen LogP contribution in [0.4, 0.5) is 5.82 Å². The fourth-order valence-electron chi connectivity index (χ4n) is 0.979. The highest BCUT2D eigenvalue weighted by Crippen LogP contribution is 2.16. The summed E-state index contributed by atoms with van der Waals surface area (Å²) in [5.74, 6) is 1.08. The lowest BCUT2D eigenvalue weighted by molar-refractivity contribution is 0.687. The van der Waals surface area contributed by atoms with Gasteiger partial charge in [-0.15, -0.1) is 0 Å². The van der Waals surface area contributed by atoms with Gasteiger partial charge in [0, 0.05) is 40.0 Å². The topological polar surface area (TPSA) is 65.8 Å². The van der Waals surface area contributed by atoms with E-state index >= 15 is 0 Å². The van der Waals surface area contributed by atoms with Crippen molar-refractivity contribution < 1.29 is 4.21 Å². The fraction of sp³-hybridized carbons (Fsp3) is 0.333. The second-order valence-electron chi connectivity index (χ2n) is 2.87. The molecule has 0 unspecified atom stereocenters. The first-order valence-corrected chi connectivity index (χ1v) is 6.75. The summed E-state index contributed by atoms with van der Waals surface area (Å²) in [5, 5.41) is 11.8. The van der Waals surface area contributed by atoms with E-state index in [1.165, 1.54) is 0 Å². The number of nitrogens with zero attached hydrogens (tertiary/aromatic N) is 2. The fourth-order valence-corrected chi connectivity index (χ4v) is 1.70. The SMILES string of the molecule is C[S@](=O)CCNc1ncc(Br)cc1C#N. The predicted molar refractivity (Wildman–Crippen MR) is 64.1 cm³/mol. The maximum atomic E-state index is 10.8. The van der Waals surface area contributed by atoms with Gasteiger partial charge in [-0.05, 0) is 22.0 Å². The zero-order valence-electron chi connectivity index (χ0n) is 8.16. The Morgan fingerprint density at radius 2 is 2.47 bits per heavy atom. The van der Waals surface area contributed by atoms with E-state index in [0.29, 0.717) is 23.7 Å². The summed E-state index contributed by atoms with van der Waals surface area (Å²) in [7, 11) is -0.835. The molecule has 0 fully saturated rings. The van der Waals surface area contributed by atoms with Crippen LogP contribution in [0.15, 0.2) is 16.7 Å². The van der Waals surface area contributed by atoms with Gasteiger partial charge in [-0.1, -0.05) is 0 Å². The van der Waals surface area contributed by atoms with Crippen molar-refractivity contribution in [2.75, 3.05) is 23.9 Å². The van der Waals surface area contributed by atoms with Gasteiger partial charge in [-0.25, -0.2) is 4.98 Å². The second-order valence-corrected chi connectivity index (χ2v) is 5.34. The molecule has 80 valence electrons. The van der Waals surface area contributed by atoms with Crippen molar-refractivity contribution in [3.63, 3.8) is 0 Å². The number of aromatic nitrogens is 1. The van der Waals surface area contributed by atoms with Crippen molar-refractivity contribution in [2.24, 2.45) is 0 Å². The van der Waals surface area contributed by atoms with Crippen molar-refractivity contribution in [1.29, 1.82) is 5.26 Å². The molecule has 0 aliphatic carbocycles. The number of nitriles is 1. The molecule has 1 aromatic rings. The third-order valence-corrected chi connectivity index (χ3v) is 2.87. The van der Waals surface area contributed by atoms with E-state index in [-0.39, 0.29) is 0 Å². The molecule has 1 aromatic heterocycles. The van der Waals surface area contributed by atoms with E-state index in [4.69, 9.17) is 5.26 Å². The number of pyridine rings is 1. The number of hydrogen-bond donors (Lipinski definition) is 1. The molecule has 1 heterocycles. The van der Waals surface area contributed by atoms with Gasteiger partial charge in [0.15, 0.2) is 0 Å². The summed E-state index contributed by atoms with van der Waals surface area (Å²) in [5.41, 5.74) is 0.478. The van der Waals surface area contributed by atoms with Crippen molar-refractivity contribution >= 4 is 32.5 Å². The average Bonchev–Trinajstić information content (AvgIpc) is 2.19. The maximum Gasteiger partial charge on any atom is 0.144 e. The van der Waals surface area contributed by atoms with Gasteiger partial charge in [0.25, 0.3) is 0 Å². The molecule has 1 N–H and O–H groups in total. The first-order valence-electron chi connectivity index (χ1n) is 4.23. The standard InChI is InChI=1S/C9H10BrN3OS/c1-15(14)3-2-12-9-7(5-11)4-8(10)6-13-9/h4,6H,2-3H2,1H3,(H,12,13)/t15-/m0/s1. The summed E-state index contributed by atoms with van der Waals surface area (Å²) >= 11 is 3.24. The zero-order valence-corrected chi connectivity index (χ0v) is 10.6. The molecule has 0 aliphatic rings. The molecular formula is C9H10BrN3OS. The minimum atomic E-state index is -0.835. The molecule has 0 saturated heterocycles. The third kappa shape index (κ3) is 3.98. The summed E-state index contributed by atoms with van der Waals surface area (Å²) in [6, 6.07) is 3.74. The zero-order chi connectivity index (χ0) is 11.3. The lowest BCUT2D eigenvalue weighted by Crippen LogP contribution is -2.11. The molecule has 0 aliphatic heterocycles. The van der Waals surface area contributed by atoms with Gasteiger partial charge >= 0.3 is 0 Å². The summed E-state index contributed by atoms with van der Waals surface area (Å²) < 4.78 is 11.6. The van der Waals surface area contributed by atoms with E-state index in [2.05, 4.69) is 26.2 Å². The molecule has 15 heavy (non-hydrogen) atoms. The van der Waals surface area contributed by atoms with E-state index in [1.807, 2.05) is 6.07 Å². The Morgan fingerprint density at radius 1 is 1.73 bits per heavy atom. The molecule has 0 aromatic carbocycles. The Hall–Kier alpha value is -0.930. The molecule has 0 spiro atoms. The van der Waals surface area contributed by atoms with Gasteiger partial charge in [0.1, 0.15) is 11.9 Å². The Bertz CT molecular complexity index is 416. The minimum Gasteiger partial charge on any atom is -0.368 e. The van der Waals surface area contributed by atoms with Crippen molar-refractivity contribution in [3.8, 4) is 6.07 Å². The van der Waals surface area contributed by atoms with Crippen LogP contribution in [-0.4, -0.2) is 27.7 Å². The summed E-state index contributed by atoms with van der Waals surface area (Å²) in [6.07, 6.45) is 3.26. The summed E-state index contributed by atoms with van der Waals surface area (Å²) in [4.78, 5) is 4.07. The maximum absolute atomic E-state index is 10.8. The highest BCUT2D eigenvalue weighted by Gasteiger charge is 2.03. The van der Waals surface area contributed by atoms with Crippen LogP contribution in [0.25, 0.3) is 0 Å². The van der Waals surface area contributed by atoms with E-state index < -0.39 is 10.8 Å². The van der Waals surface area contributed by atoms with Crippen LogP contribution < -0.4 is 5.32 Å². The number of nitrogens with one attached hydrogen (secondary N) is 1. The lowest BCUT2D eigenvalue weighted by Gasteiger charge is -2.05. The van der Waals surface area contributed by atoms with Gasteiger partial charge in [-0.3, -0.25) is 4.21 Å². The summed E-state index contributed by atoms with van der Waals surface area (Å²) in [6.45, 7) is 0.548. The van der Waals surface area contributed by atoms with E-state index in [9.17, 15) is 4.21 Å². The highest BCUT2D eigenvalue weighted by molar-refractivity contribution is 9.10. The van der Waals surface area contributed by atoms with Crippen LogP contribution in [0.2, 0.25) is 0 Å². The molecule has 1 rings (SSSR count). The smallest absolute Gasteiger partial charge is 0.144 e. The van der Waals surface area contributed by atoms with Crippen LogP contribution in [0.1, 0.15) is 5.56 Å². The van der Waals surface area contributed by atoms with Crippen LogP contribution in [0.5, 0.6) is 0 Å².